The third-order valence-electron chi connectivity index (χ3n) is 1.64. The number of anilines is 1. The minimum Gasteiger partial charge on any atom is -0.264 e. The minimum atomic E-state index is 0.157. The van der Waals surface area contributed by atoms with E-state index in [-0.39, 0.29) is 5.23 Å². The molecule has 1 aromatic carbocycles. The van der Waals surface area contributed by atoms with Gasteiger partial charge in [-0.2, -0.15) is 0 Å². The zero-order chi connectivity index (χ0) is 8.43. The summed E-state index contributed by atoms with van der Waals surface area (Å²) < 4.78 is 0. The van der Waals surface area contributed by atoms with E-state index in [0.717, 1.165) is 11.1 Å². The van der Waals surface area contributed by atoms with Crippen LogP contribution >= 0.6 is 0 Å². The number of nitrogens with zero attached hydrogens (tertiary/aromatic N) is 1. The van der Waals surface area contributed by atoms with Gasteiger partial charge < -0.3 is 0 Å². The molecular weight excluding hydrogens is 142 g/mol. The molecule has 1 rings (SSSR count). The van der Waals surface area contributed by atoms with Crippen molar-refractivity contribution >= 4 is 5.69 Å². The number of benzene rings is 1. The summed E-state index contributed by atoms with van der Waals surface area (Å²) in [6, 6.07) is 5.52. The van der Waals surface area contributed by atoms with Gasteiger partial charge in [-0.05, 0) is 25.0 Å². The van der Waals surface area contributed by atoms with Gasteiger partial charge in [-0.15, -0.1) is 5.23 Å². The Bertz CT molecular complexity index is 238. The second-order valence-corrected chi connectivity index (χ2v) is 2.53. The molecule has 0 radical (unpaired) electrons. The maximum Gasteiger partial charge on any atom is 0.100 e. The summed E-state index contributed by atoms with van der Waals surface area (Å²) in [6.45, 7) is 3.64. The molecule has 0 atom stereocenters. The van der Waals surface area contributed by atoms with Crippen LogP contribution in [0.1, 0.15) is 11.1 Å². The molecule has 0 saturated heterocycles. The highest BCUT2D eigenvalue weighted by Gasteiger charge is 2.05. The molecule has 0 aliphatic rings. The number of rotatable bonds is 1. The van der Waals surface area contributed by atoms with Crippen molar-refractivity contribution in [2.75, 3.05) is 5.23 Å². The average molecular weight is 153 g/mol. The first-order valence-corrected chi connectivity index (χ1v) is 3.37. The highest BCUT2D eigenvalue weighted by molar-refractivity contribution is 5.54. The van der Waals surface area contributed by atoms with Crippen LogP contribution in [0.4, 0.5) is 5.69 Å². The fraction of sp³-hybridized carbons (Fsp3) is 0.250. The number of hydrogen-bond acceptors (Lipinski definition) is 3. The van der Waals surface area contributed by atoms with Crippen LogP contribution in [0.5, 0.6) is 0 Å². The molecule has 0 fully saturated rings. The molecule has 0 aliphatic carbocycles. The van der Waals surface area contributed by atoms with Gasteiger partial charge in [0.2, 0.25) is 0 Å². The van der Waals surface area contributed by atoms with Crippen molar-refractivity contribution in [2.24, 2.45) is 0 Å². The molecule has 1 aromatic rings. The summed E-state index contributed by atoms with van der Waals surface area (Å²) in [6.07, 6.45) is 0. The molecule has 0 spiro atoms. The third kappa shape index (κ3) is 1.50. The first-order valence-electron chi connectivity index (χ1n) is 3.37. The van der Waals surface area contributed by atoms with Gasteiger partial charge in [0.25, 0.3) is 0 Å². The zero-order valence-electron chi connectivity index (χ0n) is 6.57. The molecule has 0 unspecified atom stereocenters. The Morgan fingerprint density at radius 2 is 1.55 bits per heavy atom. The molecule has 60 valence electrons. The number of aryl methyl sites for hydroxylation is 2. The molecule has 0 saturated carbocycles. The van der Waals surface area contributed by atoms with Crippen molar-refractivity contribution in [3.8, 4) is 0 Å². The summed E-state index contributed by atoms with van der Waals surface area (Å²) in [5.74, 6) is 0. The molecule has 11 heavy (non-hydrogen) atoms. The molecule has 0 bridgehead atoms. The Labute approximate surface area is 65.4 Å². The van der Waals surface area contributed by atoms with E-state index in [0.29, 0.717) is 5.69 Å². The maximum atomic E-state index is 8.77. The van der Waals surface area contributed by atoms with Crippen molar-refractivity contribution in [3.63, 3.8) is 0 Å². The predicted molar refractivity (Wildman–Crippen MR) is 42.0 cm³/mol. The van der Waals surface area contributed by atoms with Gasteiger partial charge in [-0.3, -0.25) is 10.4 Å². The normalized spacial score (nSPS) is 9.82. The third-order valence-corrected chi connectivity index (χ3v) is 1.64. The molecule has 3 nitrogen and oxygen atoms in total. The summed E-state index contributed by atoms with van der Waals surface area (Å²) in [7, 11) is 0. The molecule has 0 aromatic heterocycles. The minimum absolute atomic E-state index is 0.157. The van der Waals surface area contributed by atoms with E-state index in [1.165, 1.54) is 0 Å². The van der Waals surface area contributed by atoms with Gasteiger partial charge in [0, 0.05) is 0 Å². The Balaban J connectivity index is 3.21. The van der Waals surface area contributed by atoms with Crippen LogP contribution in [-0.4, -0.2) is 10.4 Å². The molecule has 0 heterocycles. The average Bonchev–Trinajstić information content (AvgIpc) is 1.85. The fourth-order valence-electron chi connectivity index (χ4n) is 1.12. The topological polar surface area (TPSA) is 43.7 Å². The van der Waals surface area contributed by atoms with Crippen LogP contribution in [0.25, 0.3) is 0 Å². The van der Waals surface area contributed by atoms with Crippen LogP contribution in [0, 0.1) is 13.8 Å². The van der Waals surface area contributed by atoms with Crippen molar-refractivity contribution in [1.82, 2.24) is 0 Å². The molecule has 0 amide bonds. The van der Waals surface area contributed by atoms with Crippen LogP contribution in [0.3, 0.4) is 0 Å². The largest absolute Gasteiger partial charge is 0.264 e. The van der Waals surface area contributed by atoms with Crippen LogP contribution in [-0.2, 0) is 0 Å². The lowest BCUT2D eigenvalue weighted by Crippen LogP contribution is -2.13. The van der Waals surface area contributed by atoms with Crippen molar-refractivity contribution in [1.29, 1.82) is 0 Å². The standard InChI is InChI=1S/C8H11NO2/c1-6-4-3-5-7(2)8(6)9(10)11/h3-5,10-11H,1-2H3. The highest BCUT2D eigenvalue weighted by Crippen LogP contribution is 2.21. The Kier molecular flexibility index (Phi) is 2.12. The molecule has 2 N–H and O–H groups in total. The summed E-state index contributed by atoms with van der Waals surface area (Å²) >= 11 is 0. The lowest BCUT2D eigenvalue weighted by Gasteiger charge is -2.13. The summed E-state index contributed by atoms with van der Waals surface area (Å²) in [5.41, 5.74) is 2.14. The van der Waals surface area contributed by atoms with Crippen molar-refractivity contribution < 1.29 is 10.4 Å². The Hall–Kier alpha value is -1.06. The fourth-order valence-corrected chi connectivity index (χ4v) is 1.12. The lowest BCUT2D eigenvalue weighted by atomic mass is 10.1. The van der Waals surface area contributed by atoms with Gasteiger partial charge in [-0.1, -0.05) is 18.2 Å². The SMILES string of the molecule is Cc1cccc(C)c1N(O)O. The van der Waals surface area contributed by atoms with Gasteiger partial charge in [-0.25, -0.2) is 0 Å². The van der Waals surface area contributed by atoms with E-state index in [4.69, 9.17) is 10.4 Å². The number of para-hydroxylation sites is 1. The van der Waals surface area contributed by atoms with E-state index in [9.17, 15) is 0 Å². The van der Waals surface area contributed by atoms with E-state index in [2.05, 4.69) is 0 Å². The van der Waals surface area contributed by atoms with E-state index < -0.39 is 0 Å². The first-order chi connectivity index (χ1) is 5.13. The van der Waals surface area contributed by atoms with Gasteiger partial charge >= 0.3 is 0 Å². The Morgan fingerprint density at radius 3 is 1.82 bits per heavy atom. The van der Waals surface area contributed by atoms with Gasteiger partial charge in [0.05, 0.1) is 0 Å². The van der Waals surface area contributed by atoms with Crippen LogP contribution < -0.4 is 5.23 Å². The predicted octanol–water partition coefficient (Wildman–Crippen LogP) is 1.89. The summed E-state index contributed by atoms with van der Waals surface area (Å²) in [4.78, 5) is 0. The van der Waals surface area contributed by atoms with Crippen molar-refractivity contribution in [3.05, 3.63) is 29.3 Å². The lowest BCUT2D eigenvalue weighted by molar-refractivity contribution is 0.0285. The molecule has 0 aliphatic heterocycles. The zero-order valence-corrected chi connectivity index (χ0v) is 6.57. The quantitative estimate of drug-likeness (QED) is 0.605. The van der Waals surface area contributed by atoms with Gasteiger partial charge in [0.1, 0.15) is 5.69 Å². The summed E-state index contributed by atoms with van der Waals surface area (Å²) in [5, 5.41) is 17.7. The monoisotopic (exact) mass is 153 g/mol. The molecule has 3 heteroatoms. The van der Waals surface area contributed by atoms with E-state index in [1.807, 2.05) is 32.0 Å². The van der Waals surface area contributed by atoms with Crippen LogP contribution in [0.2, 0.25) is 0 Å². The number of hydrogen-bond donors (Lipinski definition) is 2. The van der Waals surface area contributed by atoms with Gasteiger partial charge in [0.15, 0.2) is 0 Å². The Morgan fingerprint density at radius 1 is 1.09 bits per heavy atom. The van der Waals surface area contributed by atoms with E-state index >= 15 is 0 Å². The van der Waals surface area contributed by atoms with E-state index in [1.54, 1.807) is 0 Å². The van der Waals surface area contributed by atoms with Crippen molar-refractivity contribution in [2.45, 2.75) is 13.8 Å². The van der Waals surface area contributed by atoms with Crippen LogP contribution in [0.15, 0.2) is 18.2 Å². The smallest absolute Gasteiger partial charge is 0.100 e. The second kappa shape index (κ2) is 2.90. The highest BCUT2D eigenvalue weighted by atomic mass is 16.8. The second-order valence-electron chi connectivity index (χ2n) is 2.53. The first kappa shape index (κ1) is 8.04. The maximum absolute atomic E-state index is 8.77. The molecular formula is C8H11NO2.